The first-order valence-corrected chi connectivity index (χ1v) is 6.31. The van der Waals surface area contributed by atoms with E-state index in [4.69, 9.17) is 10.5 Å². The zero-order chi connectivity index (χ0) is 14.5. The monoisotopic (exact) mass is 271 g/mol. The van der Waals surface area contributed by atoms with Crippen LogP contribution in [-0.4, -0.2) is 13.1 Å². The highest BCUT2D eigenvalue weighted by molar-refractivity contribution is 5.90. The molecule has 4 nitrogen and oxygen atoms in total. The Labute approximate surface area is 118 Å². The molecule has 0 bridgehead atoms. The second-order valence-corrected chi connectivity index (χ2v) is 4.41. The molecule has 0 spiro atoms. The third kappa shape index (κ3) is 3.09. The topological polar surface area (TPSA) is 61.5 Å². The summed E-state index contributed by atoms with van der Waals surface area (Å²) < 4.78 is 10.5. The Bertz CT molecular complexity index is 596. The number of rotatable bonds is 4. The van der Waals surface area contributed by atoms with E-state index < -0.39 is 5.97 Å². The molecule has 1 atom stereocenters. The number of anilines is 1. The number of carbonyl (C=O) groups is 1. The Morgan fingerprint density at radius 1 is 1.15 bits per heavy atom. The van der Waals surface area contributed by atoms with Crippen LogP contribution in [0.25, 0.3) is 0 Å². The number of hydrogen-bond donors (Lipinski definition) is 1. The quantitative estimate of drug-likeness (QED) is 0.685. The highest BCUT2D eigenvalue weighted by Crippen LogP contribution is 2.28. The molecule has 4 heteroatoms. The normalized spacial score (nSPS) is 11.7. The van der Waals surface area contributed by atoms with Crippen LogP contribution in [0.4, 0.5) is 5.69 Å². The molecule has 0 saturated carbocycles. The summed E-state index contributed by atoms with van der Waals surface area (Å²) in [6.07, 6.45) is -0.123. The second kappa shape index (κ2) is 6.10. The first-order valence-electron chi connectivity index (χ1n) is 6.31. The van der Waals surface area contributed by atoms with Crippen LogP contribution in [0, 0.1) is 0 Å². The zero-order valence-electron chi connectivity index (χ0n) is 11.5. The zero-order valence-corrected chi connectivity index (χ0v) is 11.5. The summed E-state index contributed by atoms with van der Waals surface area (Å²) in [6.45, 7) is 1.95. The van der Waals surface area contributed by atoms with Crippen molar-refractivity contribution in [3.63, 3.8) is 0 Å². The van der Waals surface area contributed by atoms with Crippen LogP contribution in [0.1, 0.15) is 28.9 Å². The average molecular weight is 271 g/mol. The maximum Gasteiger partial charge on any atom is 0.337 e. The van der Waals surface area contributed by atoms with Crippen molar-refractivity contribution in [1.29, 1.82) is 0 Å². The minimum Gasteiger partial charge on any atom is -0.484 e. The van der Waals surface area contributed by atoms with Gasteiger partial charge in [-0.05, 0) is 30.7 Å². The number of esters is 1. The molecule has 2 aromatic rings. The molecule has 0 amide bonds. The van der Waals surface area contributed by atoms with Crippen molar-refractivity contribution in [2.45, 2.75) is 13.0 Å². The van der Waals surface area contributed by atoms with Crippen LogP contribution in [0.5, 0.6) is 5.75 Å². The molecule has 0 heterocycles. The van der Waals surface area contributed by atoms with Gasteiger partial charge in [-0.1, -0.05) is 30.3 Å². The Kier molecular flexibility index (Phi) is 4.25. The predicted molar refractivity (Wildman–Crippen MR) is 77.7 cm³/mol. The van der Waals surface area contributed by atoms with Gasteiger partial charge in [-0.2, -0.15) is 0 Å². The van der Waals surface area contributed by atoms with Gasteiger partial charge in [-0.25, -0.2) is 4.79 Å². The van der Waals surface area contributed by atoms with Crippen molar-refractivity contribution in [2.75, 3.05) is 12.8 Å². The maximum absolute atomic E-state index is 11.4. The molecule has 0 fully saturated rings. The minimum atomic E-state index is -0.417. The Morgan fingerprint density at radius 2 is 1.85 bits per heavy atom. The molecule has 2 aromatic carbocycles. The smallest absolute Gasteiger partial charge is 0.337 e. The summed E-state index contributed by atoms with van der Waals surface area (Å²) in [5, 5.41) is 0. The summed E-state index contributed by atoms with van der Waals surface area (Å²) in [5.41, 5.74) is 7.79. The molecular formula is C16H17NO3. The average Bonchev–Trinajstić information content (AvgIpc) is 2.49. The third-order valence-corrected chi connectivity index (χ3v) is 3.00. The van der Waals surface area contributed by atoms with Gasteiger partial charge in [0.15, 0.2) is 0 Å². The number of nitrogen functional groups attached to an aromatic ring is 1. The summed E-state index contributed by atoms with van der Waals surface area (Å²) in [4.78, 5) is 11.4. The van der Waals surface area contributed by atoms with E-state index in [-0.39, 0.29) is 6.10 Å². The van der Waals surface area contributed by atoms with Crippen molar-refractivity contribution in [1.82, 2.24) is 0 Å². The van der Waals surface area contributed by atoms with Crippen molar-refractivity contribution >= 4 is 11.7 Å². The van der Waals surface area contributed by atoms with Crippen LogP contribution in [0.15, 0.2) is 48.5 Å². The molecule has 2 N–H and O–H groups in total. The van der Waals surface area contributed by atoms with E-state index in [1.54, 1.807) is 18.2 Å². The predicted octanol–water partition coefficient (Wildman–Crippen LogP) is 3.20. The fourth-order valence-electron chi connectivity index (χ4n) is 1.88. The number of ether oxygens (including phenoxy) is 2. The van der Waals surface area contributed by atoms with E-state index >= 15 is 0 Å². The van der Waals surface area contributed by atoms with E-state index in [9.17, 15) is 4.79 Å². The van der Waals surface area contributed by atoms with Gasteiger partial charge in [-0.15, -0.1) is 0 Å². The number of methoxy groups -OCH3 is 1. The summed E-state index contributed by atoms with van der Waals surface area (Å²) >= 11 is 0. The van der Waals surface area contributed by atoms with Gasteiger partial charge in [-0.3, -0.25) is 0 Å². The molecule has 0 aliphatic rings. The number of nitrogens with two attached hydrogens (primary N) is 1. The van der Waals surface area contributed by atoms with E-state index in [1.807, 2.05) is 37.3 Å². The Morgan fingerprint density at radius 3 is 2.45 bits per heavy atom. The maximum atomic E-state index is 11.4. The van der Waals surface area contributed by atoms with Gasteiger partial charge in [0.25, 0.3) is 0 Å². The molecule has 2 rings (SSSR count). The van der Waals surface area contributed by atoms with Crippen LogP contribution in [-0.2, 0) is 4.74 Å². The van der Waals surface area contributed by atoms with Crippen molar-refractivity contribution in [3.8, 4) is 5.75 Å². The SMILES string of the molecule is COC(=O)c1ccc(OC(C)c2ccccc2)c(N)c1. The number of hydrogen-bond acceptors (Lipinski definition) is 4. The number of benzene rings is 2. The van der Waals surface area contributed by atoms with Crippen molar-refractivity contribution < 1.29 is 14.3 Å². The van der Waals surface area contributed by atoms with Gasteiger partial charge < -0.3 is 15.2 Å². The highest BCUT2D eigenvalue weighted by atomic mass is 16.5. The summed E-state index contributed by atoms with van der Waals surface area (Å²) in [7, 11) is 1.33. The molecule has 0 radical (unpaired) electrons. The summed E-state index contributed by atoms with van der Waals surface area (Å²) in [5.74, 6) is 0.133. The lowest BCUT2D eigenvalue weighted by Gasteiger charge is -2.16. The lowest BCUT2D eigenvalue weighted by atomic mass is 10.1. The van der Waals surface area contributed by atoms with Gasteiger partial charge >= 0.3 is 5.97 Å². The molecule has 1 unspecified atom stereocenters. The molecule has 0 saturated heterocycles. The summed E-state index contributed by atoms with van der Waals surface area (Å²) in [6, 6.07) is 14.7. The van der Waals surface area contributed by atoms with E-state index in [0.29, 0.717) is 17.0 Å². The fraction of sp³-hybridized carbons (Fsp3) is 0.188. The standard InChI is InChI=1S/C16H17NO3/c1-11(12-6-4-3-5-7-12)20-15-9-8-13(10-14(15)17)16(18)19-2/h3-11H,17H2,1-2H3. The van der Waals surface area contributed by atoms with Crippen LogP contribution < -0.4 is 10.5 Å². The fourth-order valence-corrected chi connectivity index (χ4v) is 1.88. The molecule has 104 valence electrons. The van der Waals surface area contributed by atoms with E-state index in [0.717, 1.165) is 5.56 Å². The molecule has 20 heavy (non-hydrogen) atoms. The molecule has 0 aliphatic carbocycles. The van der Waals surface area contributed by atoms with Crippen LogP contribution in [0.2, 0.25) is 0 Å². The van der Waals surface area contributed by atoms with Crippen molar-refractivity contribution in [2.24, 2.45) is 0 Å². The Hall–Kier alpha value is -2.49. The molecular weight excluding hydrogens is 254 g/mol. The lowest BCUT2D eigenvalue weighted by Crippen LogP contribution is -2.07. The van der Waals surface area contributed by atoms with Gasteiger partial charge in [0, 0.05) is 0 Å². The largest absolute Gasteiger partial charge is 0.484 e. The number of carbonyl (C=O) groups excluding carboxylic acids is 1. The van der Waals surface area contributed by atoms with Crippen LogP contribution in [0.3, 0.4) is 0 Å². The lowest BCUT2D eigenvalue weighted by molar-refractivity contribution is 0.0600. The van der Waals surface area contributed by atoms with Gasteiger partial charge in [0.1, 0.15) is 11.9 Å². The van der Waals surface area contributed by atoms with Crippen molar-refractivity contribution in [3.05, 3.63) is 59.7 Å². The minimum absolute atomic E-state index is 0.123. The second-order valence-electron chi connectivity index (χ2n) is 4.41. The van der Waals surface area contributed by atoms with Crippen LogP contribution >= 0.6 is 0 Å². The Balaban J connectivity index is 2.16. The van der Waals surface area contributed by atoms with Gasteiger partial charge in [0.05, 0.1) is 18.4 Å². The van der Waals surface area contributed by atoms with E-state index in [1.165, 1.54) is 7.11 Å². The van der Waals surface area contributed by atoms with E-state index in [2.05, 4.69) is 4.74 Å². The molecule has 0 aliphatic heterocycles. The first-order chi connectivity index (χ1) is 9.61. The third-order valence-electron chi connectivity index (χ3n) is 3.00. The molecule has 0 aromatic heterocycles. The van der Waals surface area contributed by atoms with Gasteiger partial charge in [0.2, 0.25) is 0 Å². The highest BCUT2D eigenvalue weighted by Gasteiger charge is 2.12. The first kappa shape index (κ1) is 13.9.